The van der Waals surface area contributed by atoms with Crippen molar-refractivity contribution < 1.29 is 4.92 Å². The van der Waals surface area contributed by atoms with Crippen molar-refractivity contribution in [2.75, 3.05) is 5.73 Å². The van der Waals surface area contributed by atoms with E-state index in [1.54, 1.807) is 32.1 Å². The van der Waals surface area contributed by atoms with E-state index in [1.165, 1.54) is 12.1 Å². The molecule has 2 aromatic rings. The molecule has 0 saturated heterocycles. The van der Waals surface area contributed by atoms with Crippen LogP contribution in [0.1, 0.15) is 34.9 Å². The van der Waals surface area contributed by atoms with Gasteiger partial charge in [-0.3, -0.25) is 10.1 Å². The summed E-state index contributed by atoms with van der Waals surface area (Å²) in [6.07, 6.45) is 1.76. The van der Waals surface area contributed by atoms with Crippen LogP contribution < -0.4 is 5.73 Å². The van der Waals surface area contributed by atoms with Crippen molar-refractivity contribution in [1.29, 1.82) is 10.5 Å². The molecule has 0 amide bonds. The van der Waals surface area contributed by atoms with Gasteiger partial charge in [-0.2, -0.15) is 10.5 Å². The third-order valence-electron chi connectivity index (χ3n) is 4.38. The van der Waals surface area contributed by atoms with E-state index in [9.17, 15) is 20.6 Å². The van der Waals surface area contributed by atoms with E-state index in [0.29, 0.717) is 39.1 Å². The summed E-state index contributed by atoms with van der Waals surface area (Å²) in [5.74, 6) is 0.0842. The van der Waals surface area contributed by atoms with Crippen LogP contribution in [0, 0.1) is 39.7 Å². The van der Waals surface area contributed by atoms with Gasteiger partial charge in [0.2, 0.25) is 0 Å². The Hall–Kier alpha value is -3.97. The number of nitrogens with two attached hydrogens (primary N) is 1. The molecule has 7 heteroatoms. The predicted octanol–water partition coefficient (Wildman–Crippen LogP) is 3.60. The third kappa shape index (κ3) is 2.48. The number of anilines is 1. The molecule has 1 aliphatic carbocycles. The summed E-state index contributed by atoms with van der Waals surface area (Å²) >= 11 is 0. The summed E-state index contributed by atoms with van der Waals surface area (Å²) < 4.78 is 0. The summed E-state index contributed by atoms with van der Waals surface area (Å²) in [6, 6.07) is 10.4. The lowest BCUT2D eigenvalue weighted by molar-refractivity contribution is -0.384. The molecule has 0 unspecified atom stereocenters. The normalized spacial score (nSPS) is 14.1. The maximum absolute atomic E-state index is 11.0. The van der Waals surface area contributed by atoms with Gasteiger partial charge >= 0.3 is 0 Å². The van der Waals surface area contributed by atoms with E-state index in [2.05, 4.69) is 11.1 Å². The van der Waals surface area contributed by atoms with E-state index in [0.717, 1.165) is 0 Å². The zero-order valence-corrected chi connectivity index (χ0v) is 14.1. The van der Waals surface area contributed by atoms with Crippen LogP contribution in [0.5, 0.6) is 0 Å². The first kappa shape index (κ1) is 16.9. The van der Waals surface area contributed by atoms with Gasteiger partial charge in [-0.15, -0.1) is 0 Å². The highest BCUT2D eigenvalue weighted by atomic mass is 16.6. The number of hydrogen-bond acceptors (Lipinski definition) is 6. The third-order valence-corrected chi connectivity index (χ3v) is 4.38. The molecule has 1 heterocycles. The first-order valence-electron chi connectivity index (χ1n) is 7.67. The zero-order chi connectivity index (χ0) is 19.0. The minimum Gasteiger partial charge on any atom is -0.383 e. The summed E-state index contributed by atoms with van der Waals surface area (Å²) in [5.41, 5.74) is 10.2. The fraction of sp³-hybridized carbons (Fsp3) is 0.105. The molecule has 1 aromatic heterocycles. The Bertz CT molecular complexity index is 1110. The van der Waals surface area contributed by atoms with Crippen LogP contribution in [-0.4, -0.2) is 9.91 Å². The van der Waals surface area contributed by atoms with Gasteiger partial charge < -0.3 is 5.73 Å². The average Bonchev–Trinajstić information content (AvgIpc) is 2.86. The smallest absolute Gasteiger partial charge is 0.270 e. The van der Waals surface area contributed by atoms with Crippen molar-refractivity contribution in [3.8, 4) is 12.1 Å². The molecule has 0 aliphatic heterocycles. The summed E-state index contributed by atoms with van der Waals surface area (Å²) in [5, 5.41) is 29.9. The second-order valence-corrected chi connectivity index (χ2v) is 5.85. The predicted molar refractivity (Wildman–Crippen MR) is 97.3 cm³/mol. The standard InChI is InChI=1S/C19H13N5O2/c1-10-14(7-12-4-3-5-13(6-12)24(25)26)17-11(2)16(9-21)19(22)23-18(17)15(10)8-20/h3-7H,1-2H3,(H2,22,23)/b14-7+. The molecule has 3 rings (SSSR count). The Morgan fingerprint density at radius 3 is 2.62 bits per heavy atom. The van der Waals surface area contributed by atoms with Crippen molar-refractivity contribution in [3.05, 3.63) is 67.9 Å². The molecule has 1 aliphatic rings. The highest BCUT2D eigenvalue weighted by Gasteiger charge is 2.29. The number of nitrogen functional groups attached to an aromatic ring is 1. The van der Waals surface area contributed by atoms with Crippen LogP contribution >= 0.6 is 0 Å². The molecular weight excluding hydrogens is 330 g/mol. The minimum atomic E-state index is -0.463. The molecule has 7 nitrogen and oxygen atoms in total. The number of pyridine rings is 1. The van der Waals surface area contributed by atoms with Gasteiger partial charge in [0.05, 0.1) is 21.8 Å². The molecule has 0 bridgehead atoms. The van der Waals surface area contributed by atoms with E-state index in [4.69, 9.17) is 5.73 Å². The number of benzene rings is 1. The van der Waals surface area contributed by atoms with Crippen LogP contribution in [0.15, 0.2) is 29.8 Å². The van der Waals surface area contributed by atoms with Gasteiger partial charge in [0.25, 0.3) is 5.69 Å². The molecule has 126 valence electrons. The Morgan fingerprint density at radius 2 is 2.00 bits per heavy atom. The molecule has 0 saturated carbocycles. The zero-order valence-electron chi connectivity index (χ0n) is 14.1. The van der Waals surface area contributed by atoms with Crippen LogP contribution in [-0.2, 0) is 0 Å². The maximum atomic E-state index is 11.0. The quantitative estimate of drug-likeness (QED) is 0.655. The Kier molecular flexibility index (Phi) is 3.99. The first-order chi connectivity index (χ1) is 12.4. The van der Waals surface area contributed by atoms with Crippen molar-refractivity contribution >= 4 is 28.7 Å². The number of hydrogen-bond donors (Lipinski definition) is 1. The van der Waals surface area contributed by atoms with Crippen molar-refractivity contribution in [2.24, 2.45) is 0 Å². The van der Waals surface area contributed by atoms with Crippen LogP contribution in [0.4, 0.5) is 11.5 Å². The number of aromatic nitrogens is 1. The number of nitro groups is 1. The fourth-order valence-corrected chi connectivity index (χ4v) is 3.09. The molecule has 2 N–H and O–H groups in total. The fourth-order valence-electron chi connectivity index (χ4n) is 3.09. The van der Waals surface area contributed by atoms with Crippen molar-refractivity contribution in [2.45, 2.75) is 13.8 Å². The topological polar surface area (TPSA) is 130 Å². The molecule has 1 aromatic carbocycles. The van der Waals surface area contributed by atoms with Gasteiger partial charge in [0, 0.05) is 17.7 Å². The van der Waals surface area contributed by atoms with Gasteiger partial charge in [-0.05, 0) is 42.2 Å². The highest BCUT2D eigenvalue weighted by molar-refractivity contribution is 6.08. The number of nitrogens with zero attached hydrogens (tertiary/aromatic N) is 4. The van der Waals surface area contributed by atoms with Gasteiger partial charge in [-0.1, -0.05) is 12.1 Å². The van der Waals surface area contributed by atoms with E-state index >= 15 is 0 Å². The maximum Gasteiger partial charge on any atom is 0.270 e. The van der Waals surface area contributed by atoms with Crippen LogP contribution in [0.3, 0.4) is 0 Å². The monoisotopic (exact) mass is 343 g/mol. The van der Waals surface area contributed by atoms with Crippen molar-refractivity contribution in [3.63, 3.8) is 0 Å². The molecule has 0 radical (unpaired) electrons. The lowest BCUT2D eigenvalue weighted by Gasteiger charge is -2.10. The second kappa shape index (κ2) is 6.15. The first-order valence-corrected chi connectivity index (χ1v) is 7.67. The number of allylic oxidation sites excluding steroid dienone is 3. The molecule has 0 spiro atoms. The number of nitriles is 2. The minimum absolute atomic E-state index is 0.0235. The lowest BCUT2D eigenvalue weighted by atomic mass is 9.95. The Labute approximate surface area is 149 Å². The van der Waals surface area contributed by atoms with Gasteiger partial charge in [-0.25, -0.2) is 4.98 Å². The number of non-ortho nitro benzene ring substituents is 1. The summed E-state index contributed by atoms with van der Waals surface area (Å²) in [6.45, 7) is 3.54. The van der Waals surface area contributed by atoms with Crippen LogP contribution in [0.2, 0.25) is 0 Å². The van der Waals surface area contributed by atoms with Gasteiger partial charge in [0.1, 0.15) is 18.0 Å². The molecule has 0 fully saturated rings. The number of fused-ring (bicyclic) bond motifs is 1. The van der Waals surface area contributed by atoms with E-state index in [1.807, 2.05) is 6.07 Å². The number of rotatable bonds is 2. The molecule has 26 heavy (non-hydrogen) atoms. The van der Waals surface area contributed by atoms with E-state index < -0.39 is 4.92 Å². The average molecular weight is 343 g/mol. The second-order valence-electron chi connectivity index (χ2n) is 5.85. The van der Waals surface area contributed by atoms with E-state index in [-0.39, 0.29) is 17.1 Å². The van der Waals surface area contributed by atoms with Crippen molar-refractivity contribution in [1.82, 2.24) is 4.98 Å². The summed E-state index contributed by atoms with van der Waals surface area (Å²) in [4.78, 5) is 14.8. The molecule has 0 atom stereocenters. The molecular formula is C19H13N5O2. The lowest BCUT2D eigenvalue weighted by Crippen LogP contribution is -2.03. The number of nitro benzene ring substituents is 1. The largest absolute Gasteiger partial charge is 0.383 e. The SMILES string of the molecule is CC1=C(C#N)c2nc(N)c(C#N)c(C)c2/C1=C/c1cccc([N+](=O)[O-])c1. The Balaban J connectivity index is 2.30. The van der Waals surface area contributed by atoms with Gasteiger partial charge in [0.15, 0.2) is 0 Å². The van der Waals surface area contributed by atoms with Crippen LogP contribution in [0.25, 0.3) is 17.2 Å². The Morgan fingerprint density at radius 1 is 1.27 bits per heavy atom. The highest BCUT2D eigenvalue weighted by Crippen LogP contribution is 2.44. The summed E-state index contributed by atoms with van der Waals surface area (Å²) in [7, 11) is 0.